The Morgan fingerprint density at radius 2 is 1.70 bits per heavy atom. The fourth-order valence-electron chi connectivity index (χ4n) is 5.29. The molecule has 0 bridgehead atoms. The Labute approximate surface area is 253 Å². The molecule has 0 saturated carbocycles. The van der Waals surface area contributed by atoms with Gasteiger partial charge in [0.2, 0.25) is 10.0 Å². The van der Waals surface area contributed by atoms with Crippen LogP contribution in [-0.4, -0.2) is 87.9 Å². The summed E-state index contributed by atoms with van der Waals surface area (Å²) >= 11 is 0. The van der Waals surface area contributed by atoms with Crippen molar-refractivity contribution in [1.82, 2.24) is 9.80 Å². The number of sulfonamides is 1. The summed E-state index contributed by atoms with van der Waals surface area (Å²) in [6.07, 6.45) is 4.55. The minimum absolute atomic E-state index is 0. The van der Waals surface area contributed by atoms with Crippen LogP contribution >= 0.6 is 0 Å². The van der Waals surface area contributed by atoms with Crippen LogP contribution in [0.25, 0.3) is 0 Å². The molecule has 0 aliphatic carbocycles. The predicted molar refractivity (Wildman–Crippen MR) is 162 cm³/mol. The average Bonchev–Trinajstić information content (AvgIpc) is 2.96. The van der Waals surface area contributed by atoms with E-state index in [0.717, 1.165) is 25.2 Å². The van der Waals surface area contributed by atoms with E-state index >= 15 is 0 Å². The molecule has 0 spiro atoms. The van der Waals surface area contributed by atoms with Crippen molar-refractivity contribution in [2.24, 2.45) is 5.14 Å². The Hall–Kier alpha value is -2.86. The van der Waals surface area contributed by atoms with E-state index in [1.54, 1.807) is 31.4 Å². The van der Waals surface area contributed by atoms with Crippen molar-refractivity contribution < 1.29 is 17.9 Å². The van der Waals surface area contributed by atoms with Crippen molar-refractivity contribution in [2.45, 2.75) is 24.2 Å². The molecule has 1 saturated heterocycles. The number of benzene rings is 3. The van der Waals surface area contributed by atoms with Crippen LogP contribution in [0.15, 0.2) is 83.9 Å². The van der Waals surface area contributed by atoms with Gasteiger partial charge in [-0.15, -0.1) is 0 Å². The van der Waals surface area contributed by atoms with Gasteiger partial charge in [-0.05, 0) is 53.8 Å². The second kappa shape index (κ2) is 12.8. The maximum absolute atomic E-state index is 13.4. The Morgan fingerprint density at radius 3 is 2.38 bits per heavy atom. The minimum atomic E-state index is -3.85. The average molecular weight is 667 g/mol. The molecule has 10 heteroatoms. The summed E-state index contributed by atoms with van der Waals surface area (Å²) in [7, 11) is -2.28. The second-order valence-electron chi connectivity index (χ2n) is 10.1. The van der Waals surface area contributed by atoms with Gasteiger partial charge in [0.1, 0.15) is 5.75 Å². The van der Waals surface area contributed by atoms with Crippen molar-refractivity contribution in [3.8, 4) is 5.75 Å². The topological polar surface area (TPSA) is 96.2 Å². The first-order valence-electron chi connectivity index (χ1n) is 13.1. The first-order chi connectivity index (χ1) is 18.7. The van der Waals surface area contributed by atoms with Gasteiger partial charge in [-0.2, -0.15) is 0 Å². The zero-order valence-corrected chi connectivity index (χ0v) is 27.8. The number of allylic oxidation sites excluding steroid dienone is 1. The number of carbonyl (C=O) groups excluding carboxylic acids is 1. The first kappa shape index (κ1) is 30.1. The van der Waals surface area contributed by atoms with Gasteiger partial charge in [0.15, 0.2) is 0 Å². The number of piperazine rings is 1. The molecule has 210 valence electrons. The molecule has 2 N–H and O–H groups in total. The molecule has 2 heterocycles. The van der Waals surface area contributed by atoms with E-state index in [1.165, 1.54) is 11.6 Å². The number of methoxy groups -OCH3 is 1. The summed E-state index contributed by atoms with van der Waals surface area (Å²) in [5.41, 5.74) is 4.27. The molecule has 2 aliphatic rings. The Bertz CT molecular complexity index is 1490. The standard InChI is InChI=1S/C30H34N4O4S.Sn.2H/c1-22(23-7-4-3-5-8-23)21-32-15-17-33(18-16-32)30(35)25-11-13-27(29(19-25)38-2)34-14-6-9-24-10-12-26(20-28(24)34)39(31,36)37;;;/h3-8,10-14,19-20,22H,9,15-18,21H2,1-2H3,(H2,31,36,37);;;. The second-order valence-corrected chi connectivity index (χ2v) is 11.6. The summed E-state index contributed by atoms with van der Waals surface area (Å²) in [6, 6.07) is 20.8. The zero-order chi connectivity index (χ0) is 27.6. The van der Waals surface area contributed by atoms with Crippen LogP contribution in [0.1, 0.15) is 34.3 Å². The third kappa shape index (κ3) is 6.54. The maximum atomic E-state index is 13.4. The molecule has 1 unspecified atom stereocenters. The number of fused-ring (bicyclic) bond motifs is 1. The van der Waals surface area contributed by atoms with Gasteiger partial charge in [-0.1, -0.05) is 49.4 Å². The van der Waals surface area contributed by atoms with Gasteiger partial charge in [-0.3, -0.25) is 9.69 Å². The van der Waals surface area contributed by atoms with E-state index in [4.69, 9.17) is 9.88 Å². The molecule has 1 fully saturated rings. The van der Waals surface area contributed by atoms with Crippen molar-refractivity contribution in [3.05, 3.63) is 95.7 Å². The fourth-order valence-corrected chi connectivity index (χ4v) is 5.83. The molecule has 3 aromatic carbocycles. The van der Waals surface area contributed by atoms with Gasteiger partial charge >= 0.3 is 23.9 Å². The molecule has 1 atom stereocenters. The van der Waals surface area contributed by atoms with E-state index < -0.39 is 10.0 Å². The summed E-state index contributed by atoms with van der Waals surface area (Å²) in [5.74, 6) is 0.927. The number of anilines is 2. The van der Waals surface area contributed by atoms with E-state index in [9.17, 15) is 13.2 Å². The van der Waals surface area contributed by atoms with E-state index in [2.05, 4.69) is 36.1 Å². The van der Waals surface area contributed by atoms with Crippen LogP contribution in [0.5, 0.6) is 5.75 Å². The molecule has 3 aromatic rings. The predicted octanol–water partition coefficient (Wildman–Crippen LogP) is 3.20. The molecular formula is C30H36N4O4SSn. The number of rotatable bonds is 7. The quantitative estimate of drug-likeness (QED) is 0.390. The molecule has 5 rings (SSSR count). The number of hydrogen-bond donors (Lipinski definition) is 1. The molecular weight excluding hydrogens is 631 g/mol. The van der Waals surface area contributed by atoms with Gasteiger partial charge in [-0.25, -0.2) is 13.6 Å². The van der Waals surface area contributed by atoms with Crippen LogP contribution < -0.4 is 14.8 Å². The van der Waals surface area contributed by atoms with Crippen LogP contribution in [0.2, 0.25) is 0 Å². The van der Waals surface area contributed by atoms with Crippen LogP contribution in [0.3, 0.4) is 0 Å². The van der Waals surface area contributed by atoms with Crippen molar-refractivity contribution in [3.63, 3.8) is 0 Å². The number of carbonyl (C=O) groups is 1. The number of ether oxygens (including phenoxy) is 1. The summed E-state index contributed by atoms with van der Waals surface area (Å²) in [6.45, 7) is 6.21. The van der Waals surface area contributed by atoms with E-state index in [-0.39, 0.29) is 34.7 Å². The van der Waals surface area contributed by atoms with Crippen molar-refractivity contribution >= 4 is 51.2 Å². The number of nitrogens with zero attached hydrogens (tertiary/aromatic N) is 3. The van der Waals surface area contributed by atoms with Gasteiger partial charge in [0.25, 0.3) is 5.91 Å². The number of amides is 1. The molecule has 0 aromatic heterocycles. The molecule has 40 heavy (non-hydrogen) atoms. The first-order valence-corrected chi connectivity index (χ1v) is 14.7. The van der Waals surface area contributed by atoms with E-state index in [0.29, 0.717) is 48.1 Å². The summed E-state index contributed by atoms with van der Waals surface area (Å²) in [5, 5.41) is 5.38. The summed E-state index contributed by atoms with van der Waals surface area (Å²) < 4.78 is 29.6. The Morgan fingerprint density at radius 1 is 0.975 bits per heavy atom. The third-order valence-electron chi connectivity index (χ3n) is 7.48. The monoisotopic (exact) mass is 668 g/mol. The fraction of sp³-hybridized carbons (Fsp3) is 0.300. The van der Waals surface area contributed by atoms with Gasteiger partial charge in [0, 0.05) is 44.5 Å². The third-order valence-corrected chi connectivity index (χ3v) is 8.39. The Balaban J connectivity index is 0.00000370. The number of hydrogen-bond acceptors (Lipinski definition) is 6. The number of nitrogens with two attached hydrogens (primary N) is 1. The molecule has 1 amide bonds. The SMILES string of the molecule is COc1cc(C(=O)N2CCN(CC(C)c3ccccc3)CC2)ccc1N1C=CCc2ccc(S(N)(=O)=O)cc21.[SnH2]. The zero-order valence-electron chi connectivity index (χ0n) is 23.0. The van der Waals surface area contributed by atoms with E-state index in [1.807, 2.05) is 34.2 Å². The van der Waals surface area contributed by atoms with Gasteiger partial charge in [0.05, 0.1) is 23.4 Å². The van der Waals surface area contributed by atoms with Crippen molar-refractivity contribution in [2.75, 3.05) is 44.7 Å². The van der Waals surface area contributed by atoms with Crippen LogP contribution in [0.4, 0.5) is 11.4 Å². The van der Waals surface area contributed by atoms with Crippen LogP contribution in [-0.2, 0) is 16.4 Å². The molecule has 2 radical (unpaired) electrons. The summed E-state index contributed by atoms with van der Waals surface area (Å²) in [4.78, 5) is 19.6. The number of primary sulfonamides is 1. The van der Waals surface area contributed by atoms with Crippen molar-refractivity contribution in [1.29, 1.82) is 0 Å². The molecule has 8 nitrogen and oxygen atoms in total. The Kier molecular flexibility index (Phi) is 9.60. The molecule has 2 aliphatic heterocycles. The van der Waals surface area contributed by atoms with Gasteiger partial charge < -0.3 is 14.5 Å². The normalized spacial score (nSPS) is 16.2. The van der Waals surface area contributed by atoms with Crippen LogP contribution in [0, 0.1) is 0 Å².